The smallest absolute Gasteiger partial charge is 0.243 e. The molecule has 1 aromatic rings. The van der Waals surface area contributed by atoms with Crippen LogP contribution in [-0.2, 0) is 30.4 Å². The molecule has 0 aliphatic heterocycles. The Kier molecular flexibility index (Phi) is 18.7. The third kappa shape index (κ3) is 15.8. The zero-order chi connectivity index (χ0) is 35.5. The van der Waals surface area contributed by atoms with Gasteiger partial charge < -0.3 is 44.2 Å². The Labute approximate surface area is 279 Å². The van der Waals surface area contributed by atoms with Gasteiger partial charge in [-0.05, 0) is 43.1 Å². The molecule has 14 nitrogen and oxygen atoms in total. The van der Waals surface area contributed by atoms with E-state index in [0.717, 1.165) is 12.0 Å². The van der Waals surface area contributed by atoms with E-state index in [1.165, 1.54) is 0 Å². The minimum absolute atomic E-state index is 0.0566. The number of benzene rings is 1. The molecule has 0 unspecified atom stereocenters. The van der Waals surface area contributed by atoms with Gasteiger partial charge in [0.25, 0.3) is 0 Å². The van der Waals surface area contributed by atoms with E-state index in [4.69, 9.17) is 22.9 Å². The Morgan fingerprint density at radius 1 is 0.723 bits per heavy atom. The highest BCUT2D eigenvalue weighted by atomic mass is 16.2. The van der Waals surface area contributed by atoms with Crippen molar-refractivity contribution in [3.8, 4) is 0 Å². The van der Waals surface area contributed by atoms with Crippen molar-refractivity contribution in [2.45, 2.75) is 116 Å². The van der Waals surface area contributed by atoms with E-state index < -0.39 is 59.7 Å². The highest BCUT2D eigenvalue weighted by Gasteiger charge is 2.32. The quantitative estimate of drug-likeness (QED) is 0.0488. The highest BCUT2D eigenvalue weighted by Crippen LogP contribution is 2.11. The lowest BCUT2D eigenvalue weighted by Crippen LogP contribution is -2.59. The molecule has 0 fully saturated rings. The summed E-state index contributed by atoms with van der Waals surface area (Å²) in [6.45, 7) is 9.79. The molecule has 12 N–H and O–H groups in total. The molecule has 1 rings (SSSR count). The number of guanidine groups is 1. The molecule has 0 bridgehead atoms. The maximum absolute atomic E-state index is 13.7. The Morgan fingerprint density at radius 2 is 1.23 bits per heavy atom. The van der Waals surface area contributed by atoms with Gasteiger partial charge in [-0.15, -0.1) is 0 Å². The molecule has 0 aliphatic carbocycles. The van der Waals surface area contributed by atoms with E-state index in [1.54, 1.807) is 0 Å². The number of hydrogen-bond acceptors (Lipinski definition) is 7. The van der Waals surface area contributed by atoms with Crippen molar-refractivity contribution in [1.29, 1.82) is 0 Å². The topological polar surface area (TPSA) is 250 Å². The van der Waals surface area contributed by atoms with Crippen LogP contribution < -0.4 is 44.2 Å². The molecule has 5 amide bonds. The Bertz CT molecular complexity index is 1170. The van der Waals surface area contributed by atoms with Crippen molar-refractivity contribution in [3.05, 3.63) is 35.9 Å². The van der Waals surface area contributed by atoms with Crippen LogP contribution in [0.4, 0.5) is 0 Å². The van der Waals surface area contributed by atoms with Crippen molar-refractivity contribution in [2.75, 3.05) is 6.54 Å². The summed E-state index contributed by atoms with van der Waals surface area (Å²) < 4.78 is 0. The van der Waals surface area contributed by atoms with Gasteiger partial charge in [-0.1, -0.05) is 84.2 Å². The normalized spacial score (nSPS) is 14.9. The molecule has 14 heteroatoms. The van der Waals surface area contributed by atoms with Gasteiger partial charge in [0.2, 0.25) is 29.5 Å². The van der Waals surface area contributed by atoms with E-state index in [9.17, 15) is 24.0 Å². The summed E-state index contributed by atoms with van der Waals surface area (Å²) in [7, 11) is 0. The van der Waals surface area contributed by atoms with Crippen LogP contribution in [0.1, 0.15) is 85.1 Å². The maximum atomic E-state index is 13.7. The average molecular weight is 660 g/mol. The molecule has 6 atom stereocenters. The fourth-order valence-corrected chi connectivity index (χ4v) is 4.82. The number of unbranched alkanes of at least 4 members (excludes halogenated alkanes) is 1. The molecule has 0 heterocycles. The minimum Gasteiger partial charge on any atom is -0.370 e. The predicted octanol–water partition coefficient (Wildman–Crippen LogP) is 0.317. The van der Waals surface area contributed by atoms with Crippen LogP contribution in [0.3, 0.4) is 0 Å². The van der Waals surface area contributed by atoms with Crippen molar-refractivity contribution in [3.63, 3.8) is 0 Å². The zero-order valence-electron chi connectivity index (χ0n) is 28.6. The number of rotatable bonds is 22. The number of carbonyl (C=O) groups excluding carboxylic acids is 5. The second-order valence-corrected chi connectivity index (χ2v) is 12.5. The van der Waals surface area contributed by atoms with Gasteiger partial charge in [0.05, 0.1) is 6.04 Å². The number of hydrogen-bond donors (Lipinski definition) is 8. The number of nitrogens with two attached hydrogens (primary N) is 4. The lowest BCUT2D eigenvalue weighted by Gasteiger charge is -2.27. The fourth-order valence-electron chi connectivity index (χ4n) is 4.82. The predicted molar refractivity (Wildman–Crippen MR) is 183 cm³/mol. The van der Waals surface area contributed by atoms with Crippen LogP contribution in [0.25, 0.3) is 0 Å². The van der Waals surface area contributed by atoms with Gasteiger partial charge in [-0.2, -0.15) is 0 Å². The number of primary amides is 1. The van der Waals surface area contributed by atoms with Gasteiger partial charge in [-0.3, -0.25) is 29.0 Å². The molecular formula is C33H57N9O5. The number of amides is 5. The molecule has 0 saturated heterocycles. The largest absolute Gasteiger partial charge is 0.370 e. The van der Waals surface area contributed by atoms with Gasteiger partial charge in [0.15, 0.2) is 5.96 Å². The van der Waals surface area contributed by atoms with E-state index in [-0.39, 0.29) is 37.2 Å². The van der Waals surface area contributed by atoms with E-state index in [0.29, 0.717) is 32.1 Å². The van der Waals surface area contributed by atoms with Gasteiger partial charge in [-0.25, -0.2) is 0 Å². The van der Waals surface area contributed by atoms with Crippen LogP contribution in [0, 0.1) is 11.8 Å². The van der Waals surface area contributed by atoms with E-state index in [1.807, 2.05) is 65.0 Å². The molecule has 0 aromatic heterocycles. The lowest BCUT2D eigenvalue weighted by atomic mass is 9.97. The van der Waals surface area contributed by atoms with Gasteiger partial charge in [0.1, 0.15) is 24.2 Å². The van der Waals surface area contributed by atoms with E-state index >= 15 is 0 Å². The first-order valence-electron chi connectivity index (χ1n) is 16.6. The Morgan fingerprint density at radius 3 is 1.72 bits per heavy atom. The molecular weight excluding hydrogens is 602 g/mol. The number of aliphatic imine (C=N–C) groups is 1. The molecule has 0 aliphatic rings. The minimum atomic E-state index is -1.09. The summed E-state index contributed by atoms with van der Waals surface area (Å²) in [5.74, 6) is -3.03. The Balaban J connectivity index is 3.20. The van der Waals surface area contributed by atoms with Crippen LogP contribution in [-0.4, -0.2) is 72.2 Å². The summed E-state index contributed by atoms with van der Waals surface area (Å²) >= 11 is 0. The van der Waals surface area contributed by atoms with Gasteiger partial charge >= 0.3 is 0 Å². The second-order valence-electron chi connectivity index (χ2n) is 12.5. The molecule has 1 aromatic carbocycles. The average Bonchev–Trinajstić information content (AvgIpc) is 3.02. The maximum Gasteiger partial charge on any atom is 0.243 e. The summed E-state index contributed by atoms with van der Waals surface area (Å²) in [6, 6.07) is 4.26. The first-order chi connectivity index (χ1) is 22.2. The number of nitrogens with one attached hydrogen (secondary N) is 4. The molecule has 0 saturated carbocycles. The van der Waals surface area contributed by atoms with Crippen molar-refractivity contribution < 1.29 is 24.0 Å². The molecule has 0 radical (unpaired) electrons. The number of nitrogens with zero attached hydrogens (tertiary/aromatic N) is 1. The Hall–Kier alpha value is -4.20. The van der Waals surface area contributed by atoms with E-state index in [2.05, 4.69) is 26.3 Å². The van der Waals surface area contributed by atoms with Gasteiger partial charge in [0, 0.05) is 13.0 Å². The third-order valence-corrected chi connectivity index (χ3v) is 7.90. The van der Waals surface area contributed by atoms with Crippen molar-refractivity contribution >= 4 is 35.5 Å². The van der Waals surface area contributed by atoms with Crippen molar-refractivity contribution in [2.24, 2.45) is 39.8 Å². The fraction of sp³-hybridized carbons (Fsp3) is 0.636. The third-order valence-electron chi connectivity index (χ3n) is 7.90. The molecule has 0 spiro atoms. The monoisotopic (exact) mass is 659 g/mol. The second kappa shape index (κ2) is 21.6. The summed E-state index contributed by atoms with van der Waals surface area (Å²) in [6.07, 6.45) is 3.32. The number of carbonyl (C=O) groups is 5. The SMILES string of the molecule is CCCC[C@H](NC(=O)[C@H](CC(C)C)NC(=O)[C@@H](N)[C@@H](C)CC)C(=O)N[C@@H](CCCN=C(N)N)C(=O)N[C@@H](Cc1ccccc1)C(N)=O. The summed E-state index contributed by atoms with van der Waals surface area (Å²) in [5.41, 5.74) is 23.4. The molecule has 47 heavy (non-hydrogen) atoms. The first-order valence-corrected chi connectivity index (χ1v) is 16.6. The summed E-state index contributed by atoms with van der Waals surface area (Å²) in [4.78, 5) is 69.8. The first kappa shape index (κ1) is 40.8. The van der Waals surface area contributed by atoms with Crippen LogP contribution in [0.15, 0.2) is 35.3 Å². The standard InChI is InChI=1S/C33H57N9O5/c1-6-8-15-23(40-31(46)26(18-20(3)4)42-32(47)27(34)21(5)7-2)29(44)39-24(16-12-17-38-33(36)37)30(45)41-25(28(35)43)19-22-13-10-9-11-14-22/h9-11,13-14,20-21,23-27H,6-8,12,15-19,34H2,1-5H3,(H2,35,43)(H,39,44)(H,40,46)(H,41,45)(H,42,47)(H4,36,37,38)/t21-,23-,24-,25-,26-,27-/m0/s1. The van der Waals surface area contributed by atoms with Crippen LogP contribution >= 0.6 is 0 Å². The zero-order valence-corrected chi connectivity index (χ0v) is 28.6. The van der Waals surface area contributed by atoms with Crippen molar-refractivity contribution in [1.82, 2.24) is 21.3 Å². The highest BCUT2D eigenvalue weighted by molar-refractivity contribution is 5.95. The van der Waals surface area contributed by atoms with Crippen LogP contribution in [0.2, 0.25) is 0 Å². The lowest BCUT2D eigenvalue weighted by molar-refractivity contribution is -0.135. The van der Waals surface area contributed by atoms with Crippen LogP contribution in [0.5, 0.6) is 0 Å². The summed E-state index contributed by atoms with van der Waals surface area (Å²) in [5, 5.41) is 11.0. The molecule has 264 valence electrons.